The van der Waals surface area contributed by atoms with E-state index in [0.29, 0.717) is 0 Å². The molecule has 4 heteroatoms. The molecule has 0 rings (SSSR count). The zero-order valence-corrected chi connectivity index (χ0v) is 6.14. The van der Waals surface area contributed by atoms with Crippen molar-refractivity contribution in [3.05, 3.63) is 0 Å². The van der Waals surface area contributed by atoms with Crippen molar-refractivity contribution in [2.45, 2.75) is 6.55 Å². The second-order valence-electron chi connectivity index (χ2n) is 0.250. The van der Waals surface area contributed by atoms with Gasteiger partial charge in [-0.3, -0.25) is 0 Å². The molecule has 0 aromatic rings. The van der Waals surface area contributed by atoms with Crippen LogP contribution in [0.5, 0.6) is 0 Å². The first kappa shape index (κ1) is 15.8. The predicted octanol–water partition coefficient (Wildman–Crippen LogP) is -1.52. The maximum Gasteiger partial charge on any atom is 0.187 e. The molecule has 0 aromatic heterocycles. The van der Waals surface area contributed by atoms with E-state index in [-0.39, 0.29) is 42.6 Å². The largest absolute Gasteiger partial charge is 0.187 e. The quantitative estimate of drug-likeness (QED) is 0.403. The molecule has 0 unspecified atom stereocenters. The number of hydrogen-bond acceptors (Lipinski definition) is 0. The Balaban J connectivity index is -0.0000000200. The van der Waals surface area contributed by atoms with Crippen molar-refractivity contribution in [1.82, 2.24) is 0 Å². The number of rotatable bonds is 0. The minimum Gasteiger partial charge on any atom is 0 e. The molecule has 0 saturated heterocycles. The Bertz CT molecular complexity index is 11.6. The van der Waals surface area contributed by atoms with Gasteiger partial charge in [-0.1, -0.05) is 0 Å². The van der Waals surface area contributed by atoms with Crippen LogP contribution in [-0.2, 0) is 32.4 Å². The van der Waals surface area contributed by atoms with E-state index in [1.807, 2.05) is 0 Å². The Labute approximate surface area is 64.2 Å². The van der Waals surface area contributed by atoms with Gasteiger partial charge < -0.3 is 0 Å². The third kappa shape index (κ3) is 26.0. The summed E-state index contributed by atoms with van der Waals surface area (Å²) < 4.78 is 0. The van der Waals surface area contributed by atoms with Crippen LogP contribution in [0.3, 0.4) is 0 Å². The van der Waals surface area contributed by atoms with Crippen molar-refractivity contribution in [2.24, 2.45) is 0 Å². The van der Waals surface area contributed by atoms with Crippen molar-refractivity contribution in [2.75, 3.05) is 0 Å². The smallest absolute Gasteiger partial charge is 0 e. The molecule has 0 saturated carbocycles. The van der Waals surface area contributed by atoms with E-state index in [2.05, 4.69) is 21.9 Å². The molecule has 0 nitrogen and oxygen atoms in total. The molecule has 0 bridgehead atoms. The van der Waals surface area contributed by atoms with E-state index in [9.17, 15) is 0 Å². The van der Waals surface area contributed by atoms with E-state index >= 15 is 0 Å². The van der Waals surface area contributed by atoms with Crippen molar-refractivity contribution < 1.29 is 32.4 Å². The average molecular weight is 186 g/mol. The van der Waals surface area contributed by atoms with Crippen LogP contribution in [0, 0.1) is 0 Å². The molecular weight excluding hydrogens is 178 g/mol. The Kier molecular flexibility index (Phi) is 54.1. The van der Waals surface area contributed by atoms with Crippen LogP contribution in [0.15, 0.2) is 0 Å². The summed E-state index contributed by atoms with van der Waals surface area (Å²) in [6.45, 7) is 2.15. The Hall–Kier alpha value is 1.79. The molecule has 0 N–H and O–H groups in total. The Morgan fingerprint density at radius 3 is 1.60 bits per heavy atom. The van der Waals surface area contributed by atoms with Gasteiger partial charge >= 0.3 is 30.0 Å². The maximum atomic E-state index is 3.62. The fraction of sp³-hybridized carbons (Fsp3) is 1.00. The van der Waals surface area contributed by atoms with Gasteiger partial charge in [0.15, 0.2) is 17.4 Å². The van der Waals surface area contributed by atoms with Crippen LogP contribution >= 0.6 is 0 Å². The minimum atomic E-state index is 0. The Morgan fingerprint density at radius 1 is 1.60 bits per heavy atom. The topological polar surface area (TPSA) is 0 Å². The van der Waals surface area contributed by atoms with Gasteiger partial charge in [-0.2, -0.15) is 0 Å². The van der Waals surface area contributed by atoms with E-state index in [4.69, 9.17) is 0 Å². The van der Waals surface area contributed by atoms with Gasteiger partial charge in [0.05, 0.1) is 0 Å². The molecule has 0 heterocycles. The van der Waals surface area contributed by atoms with Gasteiger partial charge in [0, 0.05) is 17.1 Å². The first-order valence-corrected chi connectivity index (χ1v) is 5.21. The van der Waals surface area contributed by atoms with Gasteiger partial charge in [-0.15, -0.1) is 0 Å². The van der Waals surface area contributed by atoms with Crippen molar-refractivity contribution in [3.8, 4) is 0 Å². The molecule has 0 amide bonds. The first-order valence-electron chi connectivity index (χ1n) is 0.957. The summed E-state index contributed by atoms with van der Waals surface area (Å²) in [7, 11) is 0.167. The zero-order valence-electron chi connectivity index (χ0n) is 2.44. The zero-order chi connectivity index (χ0) is 2.71. The molecule has 0 aromatic carbocycles. The molecule has 0 spiro atoms. The standard InChI is InChI=1S/CH5Si.Al.Fe.Mn.3H/c1-2;;;;;;/h2H2,1H3;;;;;;. The van der Waals surface area contributed by atoms with E-state index < -0.39 is 0 Å². The van der Waals surface area contributed by atoms with Crippen LogP contribution in [0.2, 0.25) is 6.55 Å². The summed E-state index contributed by atoms with van der Waals surface area (Å²) in [6, 6.07) is 0. The summed E-state index contributed by atoms with van der Waals surface area (Å²) in [5.74, 6) is 0. The molecular formula is CH8AlFeMnSi. The van der Waals surface area contributed by atoms with Crippen LogP contribution in [-0.4, -0.2) is 25.5 Å². The van der Waals surface area contributed by atoms with Crippen LogP contribution in [0.25, 0.3) is 0 Å². The molecule has 34 valence electrons. The van der Waals surface area contributed by atoms with Gasteiger partial charge in [0.25, 0.3) is 0 Å². The van der Waals surface area contributed by atoms with Crippen LogP contribution < -0.4 is 0 Å². The first-order chi connectivity index (χ1) is 1.41. The summed E-state index contributed by atoms with van der Waals surface area (Å²) in [4.78, 5) is 0. The van der Waals surface area contributed by atoms with Crippen molar-refractivity contribution in [1.29, 1.82) is 0 Å². The minimum absolute atomic E-state index is 0. The van der Waals surface area contributed by atoms with Gasteiger partial charge in [-0.25, -0.2) is 0 Å². The van der Waals surface area contributed by atoms with Gasteiger partial charge in [0.1, 0.15) is 0 Å². The Morgan fingerprint density at radius 2 is 1.60 bits per heavy atom. The second-order valence-corrected chi connectivity index (χ2v) is 3.09. The monoisotopic (exact) mass is 186 g/mol. The summed E-state index contributed by atoms with van der Waals surface area (Å²) >= 11 is 3.62. The fourth-order valence-electron chi connectivity index (χ4n) is 0. The van der Waals surface area contributed by atoms with Crippen LogP contribution in [0.4, 0.5) is 0 Å². The van der Waals surface area contributed by atoms with Gasteiger partial charge in [0.2, 0.25) is 0 Å². The van der Waals surface area contributed by atoms with Crippen molar-refractivity contribution in [3.63, 3.8) is 0 Å². The predicted molar refractivity (Wildman–Crippen MR) is 24.3 cm³/mol. The molecule has 1 radical (unpaired) electrons. The van der Waals surface area contributed by atoms with Gasteiger partial charge in [-0.05, 0) is 0 Å². The molecule has 5 heavy (non-hydrogen) atoms. The van der Waals surface area contributed by atoms with Crippen LogP contribution in [0.1, 0.15) is 0 Å². The normalized spacial score (nSPS) is 6.00. The molecule has 0 aliphatic rings. The third-order valence-corrected chi connectivity index (χ3v) is 0. The average Bonchev–Trinajstić information content (AvgIpc) is 0.918. The molecule has 0 aliphatic heterocycles. The van der Waals surface area contributed by atoms with Crippen molar-refractivity contribution >= 4 is 25.5 Å². The second kappa shape index (κ2) is 17.1. The maximum absolute atomic E-state index is 3.62. The molecule has 0 fully saturated rings. The molecule has 0 aliphatic carbocycles. The fourth-order valence-corrected chi connectivity index (χ4v) is 0. The summed E-state index contributed by atoms with van der Waals surface area (Å²) in [6.07, 6.45) is 0. The number of hydrogen-bond donors (Lipinski definition) is 0. The van der Waals surface area contributed by atoms with E-state index in [0.717, 1.165) is 0 Å². The summed E-state index contributed by atoms with van der Waals surface area (Å²) in [5.41, 5.74) is 0. The SMILES string of the molecule is C[SiH2][Fe].[AlH3].[Mn]. The summed E-state index contributed by atoms with van der Waals surface area (Å²) in [5, 5.41) is 0. The molecule has 0 atom stereocenters. The van der Waals surface area contributed by atoms with E-state index in [1.165, 1.54) is 0 Å². The van der Waals surface area contributed by atoms with E-state index in [1.54, 1.807) is 0 Å². The third-order valence-electron chi connectivity index (χ3n) is 0.